The zero-order valence-corrected chi connectivity index (χ0v) is 17.1. The number of nitriles is 2. The van der Waals surface area contributed by atoms with Crippen LogP contribution in [0.1, 0.15) is 29.5 Å². The molecule has 0 aliphatic carbocycles. The van der Waals surface area contributed by atoms with Crippen LogP contribution >= 0.6 is 0 Å². The fourth-order valence-corrected chi connectivity index (χ4v) is 3.43. The number of azo groups is 1. The van der Waals surface area contributed by atoms with Crippen LogP contribution in [0.2, 0.25) is 0 Å². The lowest BCUT2D eigenvalue weighted by Gasteiger charge is -2.21. The molecule has 11 heteroatoms. The fourth-order valence-electron chi connectivity index (χ4n) is 3.43. The van der Waals surface area contributed by atoms with Gasteiger partial charge in [0.05, 0.1) is 11.8 Å². The Morgan fingerprint density at radius 3 is 2.48 bits per heavy atom. The van der Waals surface area contributed by atoms with Crippen molar-refractivity contribution >= 4 is 23.1 Å². The van der Waals surface area contributed by atoms with Crippen LogP contribution in [0, 0.1) is 29.6 Å². The quantitative estimate of drug-likeness (QED) is 0.628. The first-order valence-corrected chi connectivity index (χ1v) is 9.72. The van der Waals surface area contributed by atoms with Crippen LogP contribution in [0.3, 0.4) is 0 Å². The van der Waals surface area contributed by atoms with Gasteiger partial charge in [-0.15, -0.1) is 10.2 Å². The van der Waals surface area contributed by atoms with Gasteiger partial charge in [0.2, 0.25) is 0 Å². The molecular formula is C20H19N11. The van der Waals surface area contributed by atoms with Crippen molar-refractivity contribution in [3.63, 3.8) is 0 Å². The molecule has 3 aromatic rings. The van der Waals surface area contributed by atoms with Crippen LogP contribution in [0.4, 0.5) is 23.1 Å². The third-order valence-electron chi connectivity index (χ3n) is 5.00. The van der Waals surface area contributed by atoms with Gasteiger partial charge in [-0.05, 0) is 25.8 Å². The molecule has 4 rings (SSSR count). The van der Waals surface area contributed by atoms with Gasteiger partial charge in [-0.25, -0.2) is 15.0 Å². The van der Waals surface area contributed by atoms with E-state index in [0.29, 0.717) is 28.5 Å². The van der Waals surface area contributed by atoms with Gasteiger partial charge in [0.25, 0.3) is 5.95 Å². The Hall–Kier alpha value is -4.38. The van der Waals surface area contributed by atoms with E-state index in [4.69, 9.17) is 0 Å². The van der Waals surface area contributed by atoms with Gasteiger partial charge in [0.1, 0.15) is 29.2 Å². The molecule has 1 saturated heterocycles. The van der Waals surface area contributed by atoms with Gasteiger partial charge in [0.15, 0.2) is 11.6 Å². The van der Waals surface area contributed by atoms with Crippen LogP contribution in [0.25, 0.3) is 5.95 Å². The lowest BCUT2D eigenvalue weighted by atomic mass is 10.1. The predicted octanol–water partition coefficient (Wildman–Crippen LogP) is 3.17. The largest absolute Gasteiger partial charge is 0.371 e. The Morgan fingerprint density at radius 1 is 1.10 bits per heavy atom. The molecule has 0 unspecified atom stereocenters. The lowest BCUT2D eigenvalue weighted by Crippen LogP contribution is -2.21. The molecule has 1 aliphatic rings. The number of nitrogens with one attached hydrogen (secondary N) is 1. The van der Waals surface area contributed by atoms with Crippen molar-refractivity contribution in [2.75, 3.05) is 30.4 Å². The minimum atomic E-state index is 0.192. The maximum atomic E-state index is 9.79. The van der Waals surface area contributed by atoms with Crippen LogP contribution in [0.15, 0.2) is 34.9 Å². The highest BCUT2D eigenvalue weighted by atomic mass is 15.4. The summed E-state index contributed by atoms with van der Waals surface area (Å²) in [6.07, 6.45) is 6.67. The van der Waals surface area contributed by atoms with E-state index >= 15 is 0 Å². The molecule has 11 nitrogen and oxygen atoms in total. The Bertz CT molecular complexity index is 1210. The molecule has 1 fully saturated rings. The van der Waals surface area contributed by atoms with E-state index in [1.807, 2.05) is 6.92 Å². The highest BCUT2D eigenvalue weighted by Gasteiger charge is 2.23. The molecule has 1 N–H and O–H groups in total. The molecule has 4 heterocycles. The lowest BCUT2D eigenvalue weighted by molar-refractivity contribution is 0.803. The highest BCUT2D eigenvalue weighted by Crippen LogP contribution is 2.37. The second-order valence-electron chi connectivity index (χ2n) is 6.84. The maximum absolute atomic E-state index is 9.79. The summed E-state index contributed by atoms with van der Waals surface area (Å²) in [5.74, 6) is 1.62. The Balaban J connectivity index is 1.81. The molecule has 0 radical (unpaired) electrons. The molecule has 3 aromatic heterocycles. The molecular weight excluding hydrogens is 394 g/mol. The Morgan fingerprint density at radius 2 is 1.84 bits per heavy atom. The first-order valence-electron chi connectivity index (χ1n) is 9.72. The minimum absolute atomic E-state index is 0.192. The van der Waals surface area contributed by atoms with Gasteiger partial charge >= 0.3 is 0 Å². The number of anilines is 2. The van der Waals surface area contributed by atoms with E-state index < -0.39 is 0 Å². The van der Waals surface area contributed by atoms with Crippen LogP contribution in [-0.2, 0) is 0 Å². The Labute approximate surface area is 178 Å². The number of hydrogen-bond donors (Lipinski definition) is 1. The van der Waals surface area contributed by atoms with Crippen LogP contribution in [0.5, 0.6) is 0 Å². The summed E-state index contributed by atoms with van der Waals surface area (Å²) in [7, 11) is 1.74. The van der Waals surface area contributed by atoms with Crippen molar-refractivity contribution in [1.29, 1.82) is 10.5 Å². The van der Waals surface area contributed by atoms with Crippen molar-refractivity contribution in [3.05, 3.63) is 41.3 Å². The summed E-state index contributed by atoms with van der Waals surface area (Å²) >= 11 is 0. The fraction of sp³-hybridized carbons (Fsp3) is 0.300. The third-order valence-corrected chi connectivity index (χ3v) is 5.00. The monoisotopic (exact) mass is 413 g/mol. The Kier molecular flexibility index (Phi) is 5.49. The van der Waals surface area contributed by atoms with Gasteiger partial charge < -0.3 is 10.2 Å². The molecule has 0 amide bonds. The minimum Gasteiger partial charge on any atom is -0.371 e. The van der Waals surface area contributed by atoms with Crippen LogP contribution in [-0.4, -0.2) is 44.9 Å². The molecule has 0 aromatic carbocycles. The summed E-state index contributed by atoms with van der Waals surface area (Å²) in [6.45, 7) is 3.55. The molecule has 0 spiro atoms. The summed E-state index contributed by atoms with van der Waals surface area (Å²) < 4.78 is 1.34. The van der Waals surface area contributed by atoms with Gasteiger partial charge in [-0.3, -0.25) is 0 Å². The van der Waals surface area contributed by atoms with Gasteiger partial charge in [-0.1, -0.05) is 0 Å². The number of nitrogens with zero attached hydrogens (tertiary/aromatic N) is 10. The molecule has 0 atom stereocenters. The van der Waals surface area contributed by atoms with Crippen molar-refractivity contribution < 1.29 is 0 Å². The van der Waals surface area contributed by atoms with Gasteiger partial charge in [-0.2, -0.15) is 20.3 Å². The van der Waals surface area contributed by atoms with E-state index in [2.05, 4.69) is 52.6 Å². The molecule has 154 valence electrons. The average Bonchev–Trinajstić information content (AvgIpc) is 3.48. The zero-order valence-electron chi connectivity index (χ0n) is 17.1. The molecule has 0 saturated carbocycles. The van der Waals surface area contributed by atoms with Gasteiger partial charge in [0, 0.05) is 38.1 Å². The second kappa shape index (κ2) is 8.55. The smallest absolute Gasteiger partial charge is 0.252 e. The first kappa shape index (κ1) is 19.9. The molecule has 31 heavy (non-hydrogen) atoms. The molecule has 0 bridgehead atoms. The normalized spacial score (nSPS) is 13.4. The van der Waals surface area contributed by atoms with E-state index in [9.17, 15) is 10.5 Å². The summed E-state index contributed by atoms with van der Waals surface area (Å²) in [4.78, 5) is 15.1. The number of rotatable bonds is 5. The first-order chi connectivity index (χ1) is 15.2. The van der Waals surface area contributed by atoms with E-state index in [1.165, 1.54) is 10.9 Å². The number of pyridine rings is 1. The predicted molar refractivity (Wildman–Crippen MR) is 113 cm³/mol. The standard InChI is InChI=1S/C20H19N11/c1-13-15(11-22)19(30-8-3-4-9-30)27-17(23-2)16(13)28-29-18-14(10-21)12-26-31(18)20-24-6-5-7-25-20/h5-7,12H,3-4,8-9H2,1-2H3,(H,23,27)/b29-28+. The number of aromatic nitrogens is 5. The SMILES string of the molecule is CNc1nc(N2CCCC2)c(C#N)c(C)c1/N=N/c1c(C#N)cnn1-c1ncccn1. The van der Waals surface area contributed by atoms with Crippen molar-refractivity contribution in [2.45, 2.75) is 19.8 Å². The zero-order chi connectivity index (χ0) is 21.8. The number of hydrogen-bond acceptors (Lipinski definition) is 10. The van der Waals surface area contributed by atoms with Crippen LogP contribution < -0.4 is 10.2 Å². The summed E-state index contributed by atoms with van der Waals surface area (Å²) in [5.41, 5.74) is 1.78. The van der Waals surface area contributed by atoms with E-state index in [-0.39, 0.29) is 17.3 Å². The van der Waals surface area contributed by atoms with Crippen molar-refractivity contribution in [2.24, 2.45) is 10.2 Å². The third kappa shape index (κ3) is 3.65. The maximum Gasteiger partial charge on any atom is 0.252 e. The van der Waals surface area contributed by atoms with Crippen molar-refractivity contribution in [3.8, 4) is 18.1 Å². The second-order valence-corrected chi connectivity index (χ2v) is 6.84. The average molecular weight is 413 g/mol. The van der Waals surface area contributed by atoms with Crippen molar-refractivity contribution in [1.82, 2.24) is 24.7 Å². The summed E-state index contributed by atoms with van der Waals surface area (Å²) in [5, 5.41) is 35.1. The topological polar surface area (TPSA) is 144 Å². The summed E-state index contributed by atoms with van der Waals surface area (Å²) in [6, 6.07) is 5.99. The van der Waals surface area contributed by atoms with E-state index in [1.54, 1.807) is 25.5 Å². The molecule has 1 aliphatic heterocycles. The highest BCUT2D eigenvalue weighted by molar-refractivity contribution is 5.74. The van der Waals surface area contributed by atoms with E-state index in [0.717, 1.165) is 25.9 Å².